The van der Waals surface area contributed by atoms with Gasteiger partial charge in [-0.05, 0) is 32.1 Å². The summed E-state index contributed by atoms with van der Waals surface area (Å²) >= 11 is 0. The van der Waals surface area contributed by atoms with Crippen LogP contribution in [-0.2, 0) is 11.3 Å². The highest BCUT2D eigenvalue weighted by molar-refractivity contribution is 14.0. The molecule has 6 nitrogen and oxygen atoms in total. The van der Waals surface area contributed by atoms with Crippen molar-refractivity contribution in [1.82, 2.24) is 15.8 Å². The van der Waals surface area contributed by atoms with Crippen LogP contribution in [0.4, 0.5) is 0 Å². The highest BCUT2D eigenvalue weighted by Crippen LogP contribution is 2.54. The zero-order chi connectivity index (χ0) is 17.9. The first-order valence-corrected chi connectivity index (χ1v) is 9.63. The van der Waals surface area contributed by atoms with E-state index in [9.17, 15) is 0 Å². The van der Waals surface area contributed by atoms with E-state index < -0.39 is 0 Å². The van der Waals surface area contributed by atoms with E-state index in [1.165, 1.54) is 25.7 Å². The lowest BCUT2D eigenvalue weighted by molar-refractivity contribution is -0.125. The van der Waals surface area contributed by atoms with E-state index in [-0.39, 0.29) is 24.0 Å². The number of nitrogens with zero attached hydrogens (tertiary/aromatic N) is 2. The first kappa shape index (κ1) is 21.5. The first-order valence-electron chi connectivity index (χ1n) is 9.63. The molecule has 26 heavy (non-hydrogen) atoms. The molecule has 2 fully saturated rings. The van der Waals surface area contributed by atoms with Crippen LogP contribution in [0.3, 0.4) is 0 Å². The Labute approximate surface area is 173 Å². The second-order valence-electron chi connectivity index (χ2n) is 7.62. The summed E-state index contributed by atoms with van der Waals surface area (Å²) in [6, 6.07) is 2.46. The molecule has 0 aliphatic heterocycles. The molecule has 2 saturated carbocycles. The maximum Gasteiger partial charge on any atom is 0.191 e. The molecule has 1 spiro atoms. The van der Waals surface area contributed by atoms with Crippen LogP contribution in [0.15, 0.2) is 15.6 Å². The number of hydrogen-bond acceptors (Lipinski definition) is 4. The molecule has 0 aromatic carbocycles. The van der Waals surface area contributed by atoms with Crippen LogP contribution in [0.2, 0.25) is 0 Å². The zero-order valence-corrected chi connectivity index (χ0v) is 18.7. The Hall–Kier alpha value is -0.830. The van der Waals surface area contributed by atoms with Crippen LogP contribution < -0.4 is 10.6 Å². The molecule has 2 unspecified atom stereocenters. The van der Waals surface area contributed by atoms with Gasteiger partial charge in [0.2, 0.25) is 0 Å². The Bertz CT molecular complexity index is 596. The Kier molecular flexibility index (Phi) is 7.76. The quantitative estimate of drug-likeness (QED) is 0.371. The van der Waals surface area contributed by atoms with Crippen LogP contribution in [0.1, 0.15) is 70.2 Å². The minimum Gasteiger partial charge on any atom is -0.378 e. The van der Waals surface area contributed by atoms with Crippen LogP contribution in [0.25, 0.3) is 0 Å². The molecule has 2 aliphatic carbocycles. The van der Waals surface area contributed by atoms with Crippen molar-refractivity contribution in [2.75, 3.05) is 13.7 Å². The van der Waals surface area contributed by atoms with E-state index in [0.29, 0.717) is 30.0 Å². The van der Waals surface area contributed by atoms with Gasteiger partial charge in [0.15, 0.2) is 11.7 Å². The number of hydrogen-bond donors (Lipinski definition) is 2. The molecule has 1 aromatic heterocycles. The number of nitrogens with one attached hydrogen (secondary N) is 2. The molecule has 0 amide bonds. The van der Waals surface area contributed by atoms with Crippen LogP contribution in [0, 0.1) is 5.41 Å². The summed E-state index contributed by atoms with van der Waals surface area (Å²) in [6.45, 7) is 7.71. The molecule has 0 saturated heterocycles. The molecule has 1 aromatic rings. The number of aromatic nitrogens is 1. The maximum atomic E-state index is 5.99. The number of rotatable bonds is 6. The molecule has 0 radical (unpaired) electrons. The van der Waals surface area contributed by atoms with Gasteiger partial charge in [-0.1, -0.05) is 31.8 Å². The van der Waals surface area contributed by atoms with E-state index in [4.69, 9.17) is 9.26 Å². The molecule has 0 bridgehead atoms. The number of guanidine groups is 1. The summed E-state index contributed by atoms with van der Waals surface area (Å²) in [5.41, 5.74) is 1.29. The minimum atomic E-state index is 0. The van der Waals surface area contributed by atoms with Crippen molar-refractivity contribution in [2.24, 2.45) is 10.4 Å². The van der Waals surface area contributed by atoms with E-state index in [1.54, 1.807) is 0 Å². The van der Waals surface area contributed by atoms with Crippen molar-refractivity contribution in [2.45, 2.75) is 77.5 Å². The molecule has 1 heterocycles. The van der Waals surface area contributed by atoms with Gasteiger partial charge in [-0.15, -0.1) is 24.0 Å². The van der Waals surface area contributed by atoms with Crippen molar-refractivity contribution < 1.29 is 9.26 Å². The predicted molar refractivity (Wildman–Crippen MR) is 114 cm³/mol. The van der Waals surface area contributed by atoms with Gasteiger partial charge in [0.25, 0.3) is 0 Å². The summed E-state index contributed by atoms with van der Waals surface area (Å²) in [5.74, 6) is 2.04. The van der Waals surface area contributed by atoms with E-state index in [2.05, 4.69) is 41.6 Å². The van der Waals surface area contributed by atoms with Crippen molar-refractivity contribution >= 4 is 29.9 Å². The predicted octanol–water partition coefficient (Wildman–Crippen LogP) is 3.82. The third-order valence-electron chi connectivity index (χ3n) is 5.82. The summed E-state index contributed by atoms with van der Waals surface area (Å²) in [6.07, 6.45) is 6.60. The molecule has 3 rings (SSSR count). The van der Waals surface area contributed by atoms with E-state index >= 15 is 0 Å². The van der Waals surface area contributed by atoms with Gasteiger partial charge in [0, 0.05) is 31.2 Å². The fourth-order valence-electron chi connectivity index (χ4n) is 4.30. The SMILES string of the molecule is CCOC1CC(NC(=NC)NCc2cc(C(C)C)no2)C12CCCC2.I. The average Bonchev–Trinajstić information content (AvgIpc) is 3.27. The van der Waals surface area contributed by atoms with Gasteiger partial charge in [0.1, 0.15) is 0 Å². The molecule has 2 N–H and O–H groups in total. The van der Waals surface area contributed by atoms with Crippen LogP contribution >= 0.6 is 24.0 Å². The first-order chi connectivity index (χ1) is 12.1. The summed E-state index contributed by atoms with van der Waals surface area (Å²) in [7, 11) is 1.81. The lowest BCUT2D eigenvalue weighted by Gasteiger charge is -2.54. The Morgan fingerprint density at radius 3 is 2.73 bits per heavy atom. The van der Waals surface area contributed by atoms with Crippen molar-refractivity contribution in [3.05, 3.63) is 17.5 Å². The van der Waals surface area contributed by atoms with Gasteiger partial charge in [-0.2, -0.15) is 0 Å². The smallest absolute Gasteiger partial charge is 0.191 e. The lowest BCUT2D eigenvalue weighted by Crippen LogP contribution is -2.65. The summed E-state index contributed by atoms with van der Waals surface area (Å²) in [4.78, 5) is 4.38. The van der Waals surface area contributed by atoms with Crippen molar-refractivity contribution in [3.8, 4) is 0 Å². The molecular formula is C19H33IN4O2. The number of halogens is 1. The second-order valence-corrected chi connectivity index (χ2v) is 7.62. The minimum absolute atomic E-state index is 0. The van der Waals surface area contributed by atoms with Gasteiger partial charge >= 0.3 is 0 Å². The largest absolute Gasteiger partial charge is 0.378 e. The topological polar surface area (TPSA) is 71.7 Å². The standard InChI is InChI=1S/C19H32N4O2.HI/c1-5-24-17-11-16(19(17)8-6-7-9-19)22-18(20-4)21-12-14-10-15(13(2)3)23-25-14;/h10,13,16-17H,5-9,11-12H2,1-4H3,(H2,20,21,22);1H. The lowest BCUT2D eigenvalue weighted by atomic mass is 9.60. The normalized spacial score (nSPS) is 24.4. The molecule has 2 atom stereocenters. The number of ether oxygens (including phenoxy) is 1. The number of aliphatic imine (C=N–C) groups is 1. The van der Waals surface area contributed by atoms with Crippen LogP contribution in [-0.4, -0.2) is 36.9 Å². The Morgan fingerprint density at radius 1 is 1.42 bits per heavy atom. The van der Waals surface area contributed by atoms with Crippen LogP contribution in [0.5, 0.6) is 0 Å². The summed E-state index contributed by atoms with van der Waals surface area (Å²) < 4.78 is 11.4. The molecule has 148 valence electrons. The van der Waals surface area contributed by atoms with E-state index in [0.717, 1.165) is 30.4 Å². The highest BCUT2D eigenvalue weighted by atomic mass is 127. The third-order valence-corrected chi connectivity index (χ3v) is 5.82. The molecule has 7 heteroatoms. The zero-order valence-electron chi connectivity index (χ0n) is 16.4. The fourth-order valence-corrected chi connectivity index (χ4v) is 4.30. The molecular weight excluding hydrogens is 443 g/mol. The Balaban J connectivity index is 0.00000243. The van der Waals surface area contributed by atoms with Gasteiger partial charge < -0.3 is 19.9 Å². The van der Waals surface area contributed by atoms with Crippen molar-refractivity contribution in [1.29, 1.82) is 0 Å². The van der Waals surface area contributed by atoms with Gasteiger partial charge in [-0.3, -0.25) is 4.99 Å². The third kappa shape index (κ3) is 4.35. The molecule has 2 aliphatic rings. The second kappa shape index (κ2) is 9.39. The van der Waals surface area contributed by atoms with Gasteiger partial charge in [-0.25, -0.2) is 0 Å². The Morgan fingerprint density at radius 2 is 2.15 bits per heavy atom. The highest BCUT2D eigenvalue weighted by Gasteiger charge is 2.56. The van der Waals surface area contributed by atoms with Gasteiger partial charge in [0.05, 0.1) is 18.3 Å². The van der Waals surface area contributed by atoms with Crippen molar-refractivity contribution in [3.63, 3.8) is 0 Å². The van der Waals surface area contributed by atoms with E-state index in [1.807, 2.05) is 13.1 Å². The average molecular weight is 476 g/mol. The monoisotopic (exact) mass is 476 g/mol. The fraction of sp³-hybridized carbons (Fsp3) is 0.789. The summed E-state index contributed by atoms with van der Waals surface area (Å²) in [5, 5.41) is 11.1. The maximum absolute atomic E-state index is 5.99.